The molecule has 0 spiro atoms. The van der Waals surface area contributed by atoms with Crippen molar-refractivity contribution in [2.75, 3.05) is 13.7 Å². The van der Waals surface area contributed by atoms with Crippen LogP contribution >= 0.6 is 0 Å². The number of methoxy groups -OCH3 is 1. The van der Waals surface area contributed by atoms with Gasteiger partial charge in [0.25, 0.3) is 5.91 Å². The zero-order chi connectivity index (χ0) is 25.7. The lowest BCUT2D eigenvalue weighted by Crippen LogP contribution is -2.45. The second-order valence-corrected chi connectivity index (χ2v) is 11.3. The highest BCUT2D eigenvalue weighted by Crippen LogP contribution is 2.47. The van der Waals surface area contributed by atoms with Gasteiger partial charge in [-0.1, -0.05) is 12.1 Å². The van der Waals surface area contributed by atoms with Crippen molar-refractivity contribution < 1.29 is 19.1 Å². The van der Waals surface area contributed by atoms with Crippen LogP contribution in [0.5, 0.6) is 11.5 Å². The maximum absolute atomic E-state index is 13.2. The van der Waals surface area contributed by atoms with Crippen LogP contribution in [0.1, 0.15) is 79.6 Å². The zero-order valence-corrected chi connectivity index (χ0v) is 21.8. The predicted molar refractivity (Wildman–Crippen MR) is 139 cm³/mol. The van der Waals surface area contributed by atoms with E-state index < -0.39 is 6.04 Å². The summed E-state index contributed by atoms with van der Waals surface area (Å²) >= 11 is 0. The third-order valence-electron chi connectivity index (χ3n) is 7.14. The molecule has 5 rings (SSSR count). The van der Waals surface area contributed by atoms with Gasteiger partial charge >= 0.3 is 0 Å². The summed E-state index contributed by atoms with van der Waals surface area (Å²) in [5.74, 6) is 1.17. The summed E-state index contributed by atoms with van der Waals surface area (Å²) in [6, 6.07) is 9.11. The van der Waals surface area contributed by atoms with Gasteiger partial charge in [-0.3, -0.25) is 14.6 Å². The van der Waals surface area contributed by atoms with Crippen molar-refractivity contribution in [2.45, 2.75) is 77.0 Å². The lowest BCUT2D eigenvalue weighted by molar-refractivity contribution is -0.122. The van der Waals surface area contributed by atoms with E-state index in [9.17, 15) is 9.59 Å². The minimum absolute atomic E-state index is 0.114. The molecule has 36 heavy (non-hydrogen) atoms. The number of nitrogens with one attached hydrogen (secondary N) is 2. The number of amides is 2. The minimum atomic E-state index is -0.509. The Labute approximate surface area is 212 Å². The summed E-state index contributed by atoms with van der Waals surface area (Å²) in [6.07, 6.45) is 4.01. The molecule has 1 unspecified atom stereocenters. The molecular weight excluding hydrogens is 454 g/mol. The molecule has 1 fully saturated rings. The van der Waals surface area contributed by atoms with E-state index in [0.29, 0.717) is 18.5 Å². The number of fused-ring (bicyclic) bond motifs is 3. The van der Waals surface area contributed by atoms with E-state index in [1.807, 2.05) is 18.2 Å². The Bertz CT molecular complexity index is 1260. The number of aliphatic imine (C=N–C) groups is 1. The molecule has 7 heteroatoms. The molecule has 190 valence electrons. The molecule has 0 aliphatic carbocycles. The molecule has 2 aromatic rings. The molecule has 2 amide bonds. The highest BCUT2D eigenvalue weighted by molar-refractivity contribution is 6.17. The molecule has 2 aromatic carbocycles. The number of benzene rings is 2. The SMILES string of the molecule is COc1cc2c(c3c1OC(C)(C)C3)C(c1cccc(C(=O)NC3CCCCNC3=O)c1)=NC(C)(C)C2. The van der Waals surface area contributed by atoms with Gasteiger partial charge in [0.05, 0.1) is 18.4 Å². The van der Waals surface area contributed by atoms with Crippen molar-refractivity contribution in [2.24, 2.45) is 4.99 Å². The molecule has 3 heterocycles. The lowest BCUT2D eigenvalue weighted by atomic mass is 9.80. The largest absolute Gasteiger partial charge is 0.493 e. The van der Waals surface area contributed by atoms with Crippen LogP contribution in [0.15, 0.2) is 35.3 Å². The molecule has 1 saturated heterocycles. The van der Waals surface area contributed by atoms with Crippen LogP contribution in [-0.4, -0.2) is 48.4 Å². The number of carbonyl (C=O) groups is 2. The number of carbonyl (C=O) groups excluding carboxylic acids is 2. The molecule has 3 aliphatic rings. The lowest BCUT2D eigenvalue weighted by Gasteiger charge is -2.31. The summed E-state index contributed by atoms with van der Waals surface area (Å²) in [4.78, 5) is 30.7. The number of hydrogen-bond acceptors (Lipinski definition) is 5. The fraction of sp³-hybridized carbons (Fsp3) is 0.483. The van der Waals surface area contributed by atoms with E-state index in [1.54, 1.807) is 13.2 Å². The van der Waals surface area contributed by atoms with Gasteiger partial charge in [0.2, 0.25) is 5.91 Å². The van der Waals surface area contributed by atoms with Crippen LogP contribution in [0.2, 0.25) is 0 Å². The van der Waals surface area contributed by atoms with Gasteiger partial charge in [0.1, 0.15) is 11.6 Å². The topological polar surface area (TPSA) is 89.0 Å². The van der Waals surface area contributed by atoms with Gasteiger partial charge in [-0.2, -0.15) is 0 Å². The van der Waals surface area contributed by atoms with Crippen molar-refractivity contribution in [3.8, 4) is 11.5 Å². The Kier molecular flexibility index (Phi) is 6.05. The molecule has 0 saturated carbocycles. The van der Waals surface area contributed by atoms with Crippen LogP contribution in [0.4, 0.5) is 0 Å². The van der Waals surface area contributed by atoms with E-state index >= 15 is 0 Å². The van der Waals surface area contributed by atoms with Gasteiger partial charge in [-0.25, -0.2) is 0 Å². The fourth-order valence-corrected chi connectivity index (χ4v) is 5.56. The van der Waals surface area contributed by atoms with Crippen molar-refractivity contribution in [1.29, 1.82) is 0 Å². The Balaban J connectivity index is 1.54. The second kappa shape index (κ2) is 8.95. The molecular formula is C29H35N3O4. The van der Waals surface area contributed by atoms with Crippen molar-refractivity contribution in [1.82, 2.24) is 10.6 Å². The predicted octanol–water partition coefficient (Wildman–Crippen LogP) is 3.98. The van der Waals surface area contributed by atoms with E-state index in [-0.39, 0.29) is 23.0 Å². The monoisotopic (exact) mass is 489 g/mol. The third kappa shape index (κ3) is 4.59. The Morgan fingerprint density at radius 1 is 1.17 bits per heavy atom. The Hall–Kier alpha value is -3.35. The summed E-state index contributed by atoms with van der Waals surface area (Å²) in [5.41, 5.74) is 4.95. The van der Waals surface area contributed by atoms with Gasteiger partial charge in [0, 0.05) is 35.2 Å². The quantitative estimate of drug-likeness (QED) is 0.680. The average molecular weight is 490 g/mol. The van der Waals surface area contributed by atoms with E-state index in [2.05, 4.69) is 44.4 Å². The first-order chi connectivity index (χ1) is 17.1. The van der Waals surface area contributed by atoms with Crippen LogP contribution < -0.4 is 20.1 Å². The van der Waals surface area contributed by atoms with Crippen LogP contribution in [0.25, 0.3) is 0 Å². The van der Waals surface area contributed by atoms with Gasteiger partial charge < -0.3 is 20.1 Å². The van der Waals surface area contributed by atoms with Crippen LogP contribution in [0, 0.1) is 0 Å². The highest BCUT2D eigenvalue weighted by atomic mass is 16.5. The van der Waals surface area contributed by atoms with Gasteiger partial charge in [-0.05, 0) is 77.1 Å². The number of hydrogen-bond donors (Lipinski definition) is 2. The van der Waals surface area contributed by atoms with Crippen molar-refractivity contribution >= 4 is 17.5 Å². The second-order valence-electron chi connectivity index (χ2n) is 11.3. The summed E-state index contributed by atoms with van der Waals surface area (Å²) in [6.45, 7) is 9.06. The summed E-state index contributed by atoms with van der Waals surface area (Å²) < 4.78 is 12.0. The highest BCUT2D eigenvalue weighted by Gasteiger charge is 2.39. The molecule has 3 aliphatic heterocycles. The molecule has 0 radical (unpaired) electrons. The van der Waals surface area contributed by atoms with E-state index in [0.717, 1.165) is 59.6 Å². The first-order valence-corrected chi connectivity index (χ1v) is 12.8. The Morgan fingerprint density at radius 3 is 2.75 bits per heavy atom. The number of ether oxygens (including phenoxy) is 2. The van der Waals surface area contributed by atoms with Crippen LogP contribution in [-0.2, 0) is 17.6 Å². The van der Waals surface area contributed by atoms with Crippen LogP contribution in [0.3, 0.4) is 0 Å². The van der Waals surface area contributed by atoms with Crippen molar-refractivity contribution in [3.05, 3.63) is 58.1 Å². The first-order valence-electron chi connectivity index (χ1n) is 12.8. The standard InChI is InChI=1S/C29H35N3O4/c1-28(2)15-19-14-22(35-5)25-20(16-29(3,4)36-25)23(19)24(32-28)17-9-8-10-18(13-17)26(33)31-21-11-6-7-12-30-27(21)34/h8-10,13-14,21H,6-7,11-12,15-16H2,1-5H3,(H,30,34)(H,31,33). The third-order valence-corrected chi connectivity index (χ3v) is 7.14. The summed E-state index contributed by atoms with van der Waals surface area (Å²) in [5, 5.41) is 5.81. The van der Waals surface area contributed by atoms with Crippen molar-refractivity contribution in [3.63, 3.8) is 0 Å². The molecule has 2 N–H and O–H groups in total. The van der Waals surface area contributed by atoms with Gasteiger partial charge in [0.15, 0.2) is 11.5 Å². The van der Waals surface area contributed by atoms with E-state index in [1.165, 1.54) is 5.56 Å². The first kappa shape index (κ1) is 24.3. The molecule has 1 atom stereocenters. The normalized spacial score (nSPS) is 21.8. The molecule has 0 aromatic heterocycles. The smallest absolute Gasteiger partial charge is 0.251 e. The Morgan fingerprint density at radius 2 is 1.97 bits per heavy atom. The average Bonchev–Trinajstić information content (AvgIpc) is 3.02. The summed E-state index contributed by atoms with van der Waals surface area (Å²) in [7, 11) is 1.68. The van der Waals surface area contributed by atoms with E-state index in [4.69, 9.17) is 14.5 Å². The number of nitrogens with zero attached hydrogens (tertiary/aromatic N) is 1. The molecule has 0 bridgehead atoms. The van der Waals surface area contributed by atoms with Gasteiger partial charge in [-0.15, -0.1) is 0 Å². The fourth-order valence-electron chi connectivity index (χ4n) is 5.56. The molecule has 7 nitrogen and oxygen atoms in total. The minimum Gasteiger partial charge on any atom is -0.493 e. The maximum atomic E-state index is 13.2. The number of rotatable bonds is 4. The zero-order valence-electron chi connectivity index (χ0n) is 21.8. The maximum Gasteiger partial charge on any atom is 0.251 e.